The van der Waals surface area contributed by atoms with Crippen molar-refractivity contribution in [3.63, 3.8) is 0 Å². The maximum absolute atomic E-state index is 13.4. The fourth-order valence-corrected chi connectivity index (χ4v) is 1.38. The van der Waals surface area contributed by atoms with E-state index in [9.17, 15) is 27.2 Å². The highest BCUT2D eigenvalue weighted by Crippen LogP contribution is 2.30. The molecule has 1 aromatic rings. The Bertz CT molecular complexity index is 532. The second-order valence-corrected chi connectivity index (χ2v) is 3.97. The Kier molecular flexibility index (Phi) is 5.65. The molecule has 2 amide bonds. The van der Waals surface area contributed by atoms with Gasteiger partial charge in [-0.05, 0) is 18.2 Å². The van der Waals surface area contributed by atoms with Crippen LogP contribution in [0.15, 0.2) is 18.2 Å². The molecule has 21 heavy (non-hydrogen) atoms. The minimum atomic E-state index is -4.67. The van der Waals surface area contributed by atoms with Crippen molar-refractivity contribution in [2.75, 3.05) is 19.8 Å². The molecule has 116 valence electrons. The molecular weight excluding hydrogens is 296 g/mol. The molecule has 0 atom stereocenters. The Morgan fingerprint density at radius 2 is 1.95 bits per heavy atom. The molecule has 1 aromatic carbocycles. The SMILES string of the molecule is NC(=O)COCCNC(=O)c1cc(C(F)(F)F)ccc1F. The quantitative estimate of drug-likeness (QED) is 0.609. The molecule has 0 unspecified atom stereocenters. The first-order chi connectivity index (χ1) is 9.71. The van der Waals surface area contributed by atoms with E-state index >= 15 is 0 Å². The van der Waals surface area contributed by atoms with Crippen LogP contribution in [0.4, 0.5) is 17.6 Å². The second kappa shape index (κ2) is 7.02. The van der Waals surface area contributed by atoms with E-state index in [-0.39, 0.29) is 19.8 Å². The van der Waals surface area contributed by atoms with E-state index in [1.54, 1.807) is 0 Å². The lowest BCUT2D eigenvalue weighted by Crippen LogP contribution is -2.29. The number of nitrogens with one attached hydrogen (secondary N) is 1. The Hall–Kier alpha value is -2.16. The Labute approximate surface area is 117 Å². The van der Waals surface area contributed by atoms with Gasteiger partial charge in [0.25, 0.3) is 5.91 Å². The zero-order valence-electron chi connectivity index (χ0n) is 10.7. The van der Waals surface area contributed by atoms with Gasteiger partial charge in [0, 0.05) is 6.54 Å². The Morgan fingerprint density at radius 3 is 2.52 bits per heavy atom. The summed E-state index contributed by atoms with van der Waals surface area (Å²) in [6, 6.07) is 1.54. The Morgan fingerprint density at radius 1 is 1.29 bits per heavy atom. The van der Waals surface area contributed by atoms with Crippen LogP contribution in [0, 0.1) is 5.82 Å². The lowest BCUT2D eigenvalue weighted by atomic mass is 10.1. The maximum Gasteiger partial charge on any atom is 0.416 e. The van der Waals surface area contributed by atoms with Crippen LogP contribution < -0.4 is 11.1 Å². The van der Waals surface area contributed by atoms with E-state index in [4.69, 9.17) is 10.5 Å². The van der Waals surface area contributed by atoms with Gasteiger partial charge in [-0.2, -0.15) is 13.2 Å². The van der Waals surface area contributed by atoms with Crippen molar-refractivity contribution >= 4 is 11.8 Å². The first-order valence-corrected chi connectivity index (χ1v) is 5.73. The highest BCUT2D eigenvalue weighted by Gasteiger charge is 2.31. The smallest absolute Gasteiger partial charge is 0.370 e. The number of benzene rings is 1. The molecule has 0 bridgehead atoms. The van der Waals surface area contributed by atoms with E-state index in [1.807, 2.05) is 0 Å². The first-order valence-electron chi connectivity index (χ1n) is 5.73. The highest BCUT2D eigenvalue weighted by molar-refractivity contribution is 5.94. The third-order valence-corrected chi connectivity index (χ3v) is 2.31. The highest BCUT2D eigenvalue weighted by atomic mass is 19.4. The molecular formula is C12H12F4N2O3. The van der Waals surface area contributed by atoms with Crippen molar-refractivity contribution in [3.8, 4) is 0 Å². The van der Waals surface area contributed by atoms with E-state index in [0.29, 0.717) is 18.2 Å². The van der Waals surface area contributed by atoms with Crippen LogP contribution in [-0.2, 0) is 15.7 Å². The number of carbonyl (C=O) groups is 2. The first kappa shape index (κ1) is 16.9. The molecule has 9 heteroatoms. The summed E-state index contributed by atoms with van der Waals surface area (Å²) in [5.41, 5.74) is 2.95. The number of nitrogens with two attached hydrogens (primary N) is 1. The summed E-state index contributed by atoms with van der Waals surface area (Å²) in [4.78, 5) is 21.9. The second-order valence-electron chi connectivity index (χ2n) is 3.97. The third-order valence-electron chi connectivity index (χ3n) is 2.31. The van der Waals surface area contributed by atoms with Gasteiger partial charge in [0.2, 0.25) is 5.91 Å². The molecule has 1 rings (SSSR count). The predicted molar refractivity (Wildman–Crippen MR) is 63.7 cm³/mol. The summed E-state index contributed by atoms with van der Waals surface area (Å²) in [5.74, 6) is -2.79. The third kappa shape index (κ3) is 5.38. The van der Waals surface area contributed by atoms with Crippen molar-refractivity contribution in [1.29, 1.82) is 0 Å². The van der Waals surface area contributed by atoms with Crippen LogP contribution in [-0.4, -0.2) is 31.6 Å². The minimum Gasteiger partial charge on any atom is -0.370 e. The van der Waals surface area contributed by atoms with Crippen molar-refractivity contribution < 1.29 is 31.9 Å². The fourth-order valence-electron chi connectivity index (χ4n) is 1.38. The molecule has 0 aliphatic heterocycles. The molecule has 0 aromatic heterocycles. The minimum absolute atomic E-state index is 0.0880. The number of alkyl halides is 3. The molecule has 3 N–H and O–H groups in total. The van der Waals surface area contributed by atoms with Crippen LogP contribution in [0.2, 0.25) is 0 Å². The molecule has 0 fully saturated rings. The topological polar surface area (TPSA) is 81.4 Å². The van der Waals surface area contributed by atoms with Gasteiger partial charge < -0.3 is 15.8 Å². The van der Waals surface area contributed by atoms with E-state index in [1.165, 1.54) is 0 Å². The van der Waals surface area contributed by atoms with E-state index < -0.39 is 34.9 Å². The summed E-state index contributed by atoms with van der Waals surface area (Å²) in [6.45, 7) is -0.551. The predicted octanol–water partition coefficient (Wildman–Crippen LogP) is 1.08. The van der Waals surface area contributed by atoms with E-state index in [2.05, 4.69) is 5.32 Å². The van der Waals surface area contributed by atoms with Gasteiger partial charge in [-0.15, -0.1) is 0 Å². The van der Waals surface area contributed by atoms with Crippen molar-refractivity contribution in [2.45, 2.75) is 6.18 Å². The van der Waals surface area contributed by atoms with E-state index in [0.717, 1.165) is 0 Å². The summed E-state index contributed by atoms with van der Waals surface area (Å²) in [6.07, 6.45) is -4.67. The van der Waals surface area contributed by atoms with Gasteiger partial charge >= 0.3 is 6.18 Å². The average molecular weight is 308 g/mol. The van der Waals surface area contributed by atoms with Gasteiger partial charge in [0.05, 0.1) is 17.7 Å². The summed E-state index contributed by atoms with van der Waals surface area (Å²) >= 11 is 0. The zero-order valence-corrected chi connectivity index (χ0v) is 10.7. The number of primary amides is 1. The monoisotopic (exact) mass is 308 g/mol. The van der Waals surface area contributed by atoms with Crippen LogP contribution in [0.1, 0.15) is 15.9 Å². The normalized spacial score (nSPS) is 11.2. The molecule has 0 aliphatic rings. The lowest BCUT2D eigenvalue weighted by Gasteiger charge is -2.10. The number of ether oxygens (including phenoxy) is 1. The van der Waals surface area contributed by atoms with Crippen LogP contribution in [0.25, 0.3) is 0 Å². The number of halogens is 4. The lowest BCUT2D eigenvalue weighted by molar-refractivity contribution is -0.137. The molecule has 0 saturated carbocycles. The zero-order chi connectivity index (χ0) is 16.0. The number of rotatable bonds is 6. The van der Waals surface area contributed by atoms with Gasteiger partial charge in [-0.1, -0.05) is 0 Å². The number of amides is 2. The number of carbonyl (C=O) groups excluding carboxylic acids is 2. The number of hydrogen-bond donors (Lipinski definition) is 2. The number of hydrogen-bond acceptors (Lipinski definition) is 3. The molecule has 0 aliphatic carbocycles. The molecule has 0 heterocycles. The van der Waals surface area contributed by atoms with Crippen LogP contribution in [0.5, 0.6) is 0 Å². The summed E-state index contributed by atoms with van der Waals surface area (Å²) < 4.78 is 55.5. The van der Waals surface area contributed by atoms with Gasteiger partial charge in [0.1, 0.15) is 12.4 Å². The van der Waals surface area contributed by atoms with Crippen LogP contribution >= 0.6 is 0 Å². The van der Waals surface area contributed by atoms with Gasteiger partial charge in [-0.25, -0.2) is 4.39 Å². The standard InChI is InChI=1S/C12H12F4N2O3/c13-9-2-1-7(12(14,15)16)5-8(9)11(20)18-3-4-21-6-10(17)19/h1-2,5H,3-4,6H2,(H2,17,19)(H,18,20). The molecule has 0 radical (unpaired) electrons. The van der Waals surface area contributed by atoms with Crippen molar-refractivity contribution in [2.24, 2.45) is 5.73 Å². The summed E-state index contributed by atoms with van der Waals surface area (Å²) in [5, 5.41) is 2.17. The maximum atomic E-state index is 13.4. The van der Waals surface area contributed by atoms with Crippen LogP contribution in [0.3, 0.4) is 0 Å². The van der Waals surface area contributed by atoms with Gasteiger partial charge in [0.15, 0.2) is 0 Å². The molecule has 0 saturated heterocycles. The van der Waals surface area contributed by atoms with Gasteiger partial charge in [-0.3, -0.25) is 9.59 Å². The summed E-state index contributed by atoms with van der Waals surface area (Å²) in [7, 11) is 0. The van der Waals surface area contributed by atoms with Crippen molar-refractivity contribution in [1.82, 2.24) is 5.32 Å². The Balaban J connectivity index is 2.63. The molecule has 5 nitrogen and oxygen atoms in total. The molecule has 0 spiro atoms. The van der Waals surface area contributed by atoms with Crippen molar-refractivity contribution in [3.05, 3.63) is 35.1 Å². The largest absolute Gasteiger partial charge is 0.416 e. The average Bonchev–Trinajstić information content (AvgIpc) is 2.36. The fraction of sp³-hybridized carbons (Fsp3) is 0.333.